The smallest absolute Gasteiger partial charge is 0.377 e. The molecule has 0 radical (unpaired) electrons. The number of hydrogen-bond acceptors (Lipinski definition) is 18. The first-order valence-electron chi connectivity index (χ1n) is 25.9. The Morgan fingerprint density at radius 1 is 0.225 bits per heavy atom. The van der Waals surface area contributed by atoms with Gasteiger partial charge in [0.05, 0.1) is 16.1 Å². The fraction of sp³-hybridized carbons (Fsp3) is 1.00. The lowest BCUT2D eigenvalue weighted by atomic mass is 10.0. The summed E-state index contributed by atoms with van der Waals surface area (Å²) in [5, 5.41) is 0. The third-order valence-electron chi connectivity index (χ3n) is 16.6. The van der Waals surface area contributed by atoms with E-state index in [1.54, 1.807) is 128 Å². The lowest BCUT2D eigenvalue weighted by molar-refractivity contribution is 0.122. The summed E-state index contributed by atoms with van der Waals surface area (Å²) in [5.74, 6) is 1.38. The van der Waals surface area contributed by atoms with Gasteiger partial charge in [-0.25, -0.2) is 0 Å². The second kappa shape index (κ2) is 36.2. The van der Waals surface area contributed by atoms with Gasteiger partial charge in [0.2, 0.25) is 0 Å². The van der Waals surface area contributed by atoms with Gasteiger partial charge >= 0.3 is 52.8 Å². The van der Waals surface area contributed by atoms with E-state index < -0.39 is 69.0 Å². The predicted molar refractivity (Wildman–Crippen MR) is 297 cm³/mol. The summed E-state index contributed by atoms with van der Waals surface area (Å²) in [7, 11) is 10.3. The molecule has 2 atom stereocenters. The fourth-order valence-corrected chi connectivity index (χ4v) is 34.7. The van der Waals surface area contributed by atoms with Crippen LogP contribution in [0.3, 0.4) is 0 Å². The van der Waals surface area contributed by atoms with Crippen molar-refractivity contribution < 1.29 is 79.7 Å². The molecule has 0 heterocycles. The lowest BCUT2D eigenvalue weighted by Crippen LogP contribution is -2.45. The van der Waals surface area contributed by atoms with Crippen LogP contribution in [0.25, 0.3) is 0 Å². The second-order valence-electron chi connectivity index (χ2n) is 19.5. The van der Waals surface area contributed by atoms with Gasteiger partial charge in [0.25, 0.3) is 0 Å². The summed E-state index contributed by atoms with van der Waals surface area (Å²) in [4.78, 5) is 0. The van der Waals surface area contributed by atoms with Crippen LogP contribution in [0.2, 0.25) is 84.6 Å². The molecule has 0 aromatic heterocycles. The van der Waals surface area contributed by atoms with E-state index in [4.69, 9.17) is 79.7 Å². The molecule has 0 aromatic carbocycles. The van der Waals surface area contributed by atoms with E-state index in [9.17, 15) is 0 Å². The van der Waals surface area contributed by atoms with Gasteiger partial charge in [0.15, 0.2) is 0 Å². The maximum Gasteiger partial charge on any atom is 0.500 e. The standard InChI is InChI=1S/C45H106O18Si8/c1-46-66(47-2,48-3)35-19-29-64(30-20-36-67(49-4,50-5)51-6,31-21-37-68(52-7,53-8)54-9)41-27-44-25-26-45(43-44)28-42-65(32-22-38-69(55-10,56-11)57-12,33-23-39-70(58-13,59-14)60-15)34-24-40-71(61-16,62-17)63-18/h44-45H,19-43H2,1-18H3. The highest BCUT2D eigenvalue weighted by Gasteiger charge is 2.46. The van der Waals surface area contributed by atoms with E-state index in [0.29, 0.717) is 11.8 Å². The second-order valence-corrected chi connectivity index (χ2v) is 48.1. The van der Waals surface area contributed by atoms with Crippen molar-refractivity contribution in [2.24, 2.45) is 11.8 Å². The summed E-state index contributed by atoms with van der Waals surface area (Å²) in [5.41, 5.74) is 0. The Balaban J connectivity index is 3.61. The molecule has 0 N–H and O–H groups in total. The van der Waals surface area contributed by atoms with Gasteiger partial charge in [-0.15, -0.1) is 0 Å². The largest absolute Gasteiger partial charge is 0.500 e. The van der Waals surface area contributed by atoms with Crippen LogP contribution in [0.4, 0.5) is 0 Å². The molecule has 1 rings (SSSR count). The van der Waals surface area contributed by atoms with Crippen molar-refractivity contribution in [1.29, 1.82) is 0 Å². The molecule has 2 unspecified atom stereocenters. The van der Waals surface area contributed by atoms with Crippen molar-refractivity contribution in [3.63, 3.8) is 0 Å². The molecular formula is C45H106O18Si8. The van der Waals surface area contributed by atoms with Crippen LogP contribution in [-0.4, -0.2) is 197 Å². The van der Waals surface area contributed by atoms with Crippen molar-refractivity contribution in [1.82, 2.24) is 0 Å². The van der Waals surface area contributed by atoms with Crippen LogP contribution < -0.4 is 0 Å². The van der Waals surface area contributed by atoms with Crippen molar-refractivity contribution in [3.8, 4) is 0 Å². The van der Waals surface area contributed by atoms with Crippen LogP contribution >= 0.6 is 0 Å². The quantitative estimate of drug-likeness (QED) is 0.0528. The van der Waals surface area contributed by atoms with Crippen molar-refractivity contribution in [2.45, 2.75) is 155 Å². The summed E-state index contributed by atoms with van der Waals surface area (Å²) in [6, 6.07) is 14.1. The Morgan fingerprint density at radius 2 is 0.380 bits per heavy atom. The highest BCUT2D eigenvalue weighted by Crippen LogP contribution is 2.45. The fourth-order valence-electron chi connectivity index (χ4n) is 11.6. The number of rotatable bonds is 48. The summed E-state index contributed by atoms with van der Waals surface area (Å²) < 4.78 is 107. The van der Waals surface area contributed by atoms with Crippen LogP contribution in [0.5, 0.6) is 0 Å². The average molecular weight is 1160 g/mol. The third kappa shape index (κ3) is 22.0. The predicted octanol–water partition coefficient (Wildman–Crippen LogP) is 9.69. The van der Waals surface area contributed by atoms with Gasteiger partial charge in [0.1, 0.15) is 0 Å². The monoisotopic (exact) mass is 1160 g/mol. The van der Waals surface area contributed by atoms with Gasteiger partial charge in [-0.1, -0.05) is 113 Å². The molecule has 0 saturated heterocycles. The van der Waals surface area contributed by atoms with Gasteiger partial charge in [0, 0.05) is 164 Å². The SMILES string of the molecule is CO[Si](CCC[Si](CCC[Si](OC)(OC)OC)(CCC[Si](OC)(OC)OC)CCC1CCC(CC[Si](CCC[Si](OC)(OC)OC)(CCC[Si](OC)(OC)OC)CCC[Si](OC)(OC)OC)C1)(OC)OC. The van der Waals surface area contributed by atoms with Crippen molar-refractivity contribution in [2.75, 3.05) is 128 Å². The van der Waals surface area contributed by atoms with Crippen molar-refractivity contribution >= 4 is 69.0 Å². The summed E-state index contributed by atoms with van der Waals surface area (Å²) in [6.07, 6.45) is 12.2. The van der Waals surface area contributed by atoms with Crippen LogP contribution in [-0.2, 0) is 79.7 Å². The molecule has 0 bridgehead atoms. The first kappa shape index (κ1) is 70.0. The molecule has 18 nitrogen and oxygen atoms in total. The zero-order valence-electron chi connectivity index (χ0n) is 48.2. The number of hydrogen-bond donors (Lipinski definition) is 0. The van der Waals surface area contributed by atoms with Gasteiger partial charge in [-0.3, -0.25) is 0 Å². The Morgan fingerprint density at radius 3 is 0.521 bits per heavy atom. The average Bonchev–Trinajstić information content (AvgIpc) is 3.89. The molecule has 1 aliphatic rings. The first-order chi connectivity index (χ1) is 34.0. The highest BCUT2D eigenvalue weighted by atomic mass is 28.4. The van der Waals surface area contributed by atoms with E-state index in [0.717, 1.165) is 111 Å². The molecule has 0 spiro atoms. The van der Waals surface area contributed by atoms with Crippen LogP contribution in [0.1, 0.15) is 70.6 Å². The van der Waals surface area contributed by atoms with Crippen molar-refractivity contribution in [3.05, 3.63) is 0 Å². The molecule has 1 aliphatic carbocycles. The summed E-state index contributed by atoms with van der Waals surface area (Å²) in [6.45, 7) is 0. The Kier molecular flexibility index (Phi) is 35.7. The maximum atomic E-state index is 5.93. The molecule has 426 valence electrons. The van der Waals surface area contributed by atoms with E-state index in [-0.39, 0.29) is 0 Å². The molecule has 0 amide bonds. The van der Waals surface area contributed by atoms with Gasteiger partial charge in [-0.05, 0) is 18.3 Å². The molecule has 26 heteroatoms. The van der Waals surface area contributed by atoms with E-state index >= 15 is 0 Å². The minimum atomic E-state index is -2.76. The molecule has 0 aliphatic heterocycles. The van der Waals surface area contributed by atoms with Crippen LogP contribution in [0, 0.1) is 11.8 Å². The van der Waals surface area contributed by atoms with E-state index in [1.165, 1.54) is 44.2 Å². The highest BCUT2D eigenvalue weighted by molar-refractivity contribution is 6.81. The van der Waals surface area contributed by atoms with E-state index in [2.05, 4.69) is 0 Å². The molecular weight excluding hydrogens is 1050 g/mol. The first-order valence-corrected chi connectivity index (χ1v) is 43.2. The molecule has 1 fully saturated rings. The molecule has 71 heavy (non-hydrogen) atoms. The lowest BCUT2D eigenvalue weighted by Gasteiger charge is -2.36. The zero-order valence-corrected chi connectivity index (χ0v) is 56.2. The normalized spacial score (nSPS) is 17.0. The van der Waals surface area contributed by atoms with Gasteiger partial charge in [-0.2, -0.15) is 0 Å². The Labute approximate surface area is 441 Å². The van der Waals surface area contributed by atoms with E-state index in [1.807, 2.05) is 0 Å². The van der Waals surface area contributed by atoms with Gasteiger partial charge < -0.3 is 79.7 Å². The molecule has 1 saturated carbocycles. The minimum absolute atomic E-state index is 0.689. The third-order valence-corrected chi connectivity index (χ3v) is 44.7. The Hall–Kier alpha value is 1.02. The van der Waals surface area contributed by atoms with Crippen LogP contribution in [0.15, 0.2) is 0 Å². The summed E-state index contributed by atoms with van der Waals surface area (Å²) >= 11 is 0. The topological polar surface area (TPSA) is 166 Å². The Bertz CT molecular complexity index is 1060. The zero-order chi connectivity index (χ0) is 53.6. The maximum absolute atomic E-state index is 5.93. The minimum Gasteiger partial charge on any atom is -0.377 e. The molecule has 0 aromatic rings.